The Morgan fingerprint density at radius 2 is 1.85 bits per heavy atom. The van der Waals surface area contributed by atoms with Crippen LogP contribution in [0.5, 0.6) is 11.5 Å². The van der Waals surface area contributed by atoms with Crippen LogP contribution in [0, 0.1) is 10.1 Å². The number of carbonyl (C=O) groups excluding carboxylic acids is 3. The summed E-state index contributed by atoms with van der Waals surface area (Å²) in [5.74, 6) is -1.94. The van der Waals surface area contributed by atoms with Crippen molar-refractivity contribution in [2.45, 2.75) is 6.18 Å². The van der Waals surface area contributed by atoms with E-state index in [0.717, 1.165) is 11.0 Å². The summed E-state index contributed by atoms with van der Waals surface area (Å²) in [5, 5.41) is 13.7. The van der Waals surface area contributed by atoms with Crippen LogP contribution in [0.15, 0.2) is 70.0 Å². The number of nitro groups is 1. The minimum Gasteiger partial charge on any atom is -0.449 e. The largest absolute Gasteiger partial charge is 0.449 e. The van der Waals surface area contributed by atoms with Gasteiger partial charge in [0.25, 0.3) is 11.1 Å². The van der Waals surface area contributed by atoms with Crippen molar-refractivity contribution < 1.29 is 37.2 Å². The second-order valence-electron chi connectivity index (χ2n) is 8.05. The monoisotopic (exact) mass is 655 g/mol. The smallest absolute Gasteiger partial charge is 0.416 e. The van der Waals surface area contributed by atoms with Crippen molar-refractivity contribution in [2.24, 2.45) is 0 Å². The van der Waals surface area contributed by atoms with Gasteiger partial charge in [-0.2, -0.15) is 13.2 Å². The Balaban J connectivity index is 1.58. The number of carbonyl (C=O) groups is 3. The summed E-state index contributed by atoms with van der Waals surface area (Å²) in [6, 6.07) is 12.5. The molecule has 0 spiro atoms. The maximum Gasteiger partial charge on any atom is 0.416 e. The lowest BCUT2D eigenvalue weighted by Gasteiger charge is -2.13. The summed E-state index contributed by atoms with van der Waals surface area (Å²) in [5.41, 5.74) is -1.60. The number of hydrogen-bond acceptors (Lipinski definition) is 7. The van der Waals surface area contributed by atoms with Crippen LogP contribution in [0.1, 0.15) is 11.1 Å². The maximum atomic E-state index is 13.1. The molecule has 15 heteroatoms. The van der Waals surface area contributed by atoms with E-state index < -0.39 is 51.7 Å². The Bertz CT molecular complexity index is 1580. The van der Waals surface area contributed by atoms with E-state index in [1.165, 1.54) is 30.3 Å². The molecule has 3 aromatic carbocycles. The van der Waals surface area contributed by atoms with Crippen molar-refractivity contribution in [1.29, 1.82) is 0 Å². The Morgan fingerprint density at radius 3 is 2.52 bits per heavy atom. The van der Waals surface area contributed by atoms with Gasteiger partial charge in [0, 0.05) is 26.8 Å². The van der Waals surface area contributed by atoms with Crippen LogP contribution >= 0.6 is 39.3 Å². The molecule has 206 valence electrons. The summed E-state index contributed by atoms with van der Waals surface area (Å²) in [6.07, 6.45) is -3.53. The second-order valence-corrected chi connectivity index (χ2v) is 10.4. The molecule has 9 nitrogen and oxygen atoms in total. The second kappa shape index (κ2) is 11.7. The molecule has 0 bridgehead atoms. The fourth-order valence-corrected chi connectivity index (χ4v) is 4.85. The first kappa shape index (κ1) is 29.1. The predicted octanol–water partition coefficient (Wildman–Crippen LogP) is 7.50. The molecule has 1 saturated heterocycles. The van der Waals surface area contributed by atoms with Crippen molar-refractivity contribution in [3.05, 3.63) is 96.3 Å². The SMILES string of the molecule is O=C(CN1C(=O)S/C(=C/c2cc(Br)ccc2Oc2ccc(C(F)(F)F)cc2[N+](=O)[O-])C1=O)Nc1cccc(Cl)c1. The molecule has 1 heterocycles. The van der Waals surface area contributed by atoms with Gasteiger partial charge in [-0.1, -0.05) is 33.6 Å². The summed E-state index contributed by atoms with van der Waals surface area (Å²) in [6.45, 7) is -0.575. The summed E-state index contributed by atoms with van der Waals surface area (Å²) >= 11 is 9.71. The van der Waals surface area contributed by atoms with Crippen molar-refractivity contribution in [1.82, 2.24) is 4.90 Å². The molecule has 0 aromatic heterocycles. The van der Waals surface area contributed by atoms with Gasteiger partial charge in [0.2, 0.25) is 11.7 Å². The first-order valence-corrected chi connectivity index (χ1v) is 12.9. The number of alkyl halides is 3. The fourth-order valence-electron chi connectivity index (χ4n) is 3.45. The number of nitrogens with one attached hydrogen (secondary N) is 1. The highest BCUT2D eigenvalue weighted by Crippen LogP contribution is 2.40. The normalized spacial score (nSPS) is 14.5. The lowest BCUT2D eigenvalue weighted by atomic mass is 10.1. The molecule has 0 radical (unpaired) electrons. The van der Waals surface area contributed by atoms with Gasteiger partial charge in [-0.15, -0.1) is 0 Å². The van der Waals surface area contributed by atoms with E-state index in [2.05, 4.69) is 21.2 Å². The van der Waals surface area contributed by atoms with Crippen LogP contribution in [-0.2, 0) is 15.8 Å². The number of thioether (sulfide) groups is 1. The highest BCUT2D eigenvalue weighted by Gasteiger charge is 2.37. The number of amides is 3. The van der Waals surface area contributed by atoms with Crippen molar-refractivity contribution in [3.63, 3.8) is 0 Å². The molecule has 1 aliphatic rings. The third-order valence-electron chi connectivity index (χ3n) is 5.24. The van der Waals surface area contributed by atoms with E-state index in [1.807, 2.05) is 0 Å². The topological polar surface area (TPSA) is 119 Å². The van der Waals surface area contributed by atoms with Gasteiger partial charge in [-0.05, 0) is 66.4 Å². The number of hydrogen-bond donors (Lipinski definition) is 1. The van der Waals surface area contributed by atoms with Crippen LogP contribution in [0.25, 0.3) is 6.08 Å². The maximum absolute atomic E-state index is 13.1. The quantitative estimate of drug-likeness (QED) is 0.159. The molecule has 3 aromatic rings. The average molecular weight is 657 g/mol. The molecule has 1 fully saturated rings. The number of imide groups is 1. The number of ether oxygens (including phenoxy) is 1. The third kappa shape index (κ3) is 6.81. The molecule has 0 unspecified atom stereocenters. The van der Waals surface area contributed by atoms with E-state index in [0.29, 0.717) is 39.1 Å². The van der Waals surface area contributed by atoms with Crippen molar-refractivity contribution >= 4 is 73.8 Å². The Labute approximate surface area is 241 Å². The predicted molar refractivity (Wildman–Crippen MR) is 145 cm³/mol. The zero-order valence-electron chi connectivity index (χ0n) is 19.7. The first-order valence-electron chi connectivity index (χ1n) is 11.0. The van der Waals surface area contributed by atoms with E-state index in [-0.39, 0.29) is 16.2 Å². The number of rotatable bonds is 7. The molecule has 0 saturated carbocycles. The van der Waals surface area contributed by atoms with Gasteiger partial charge in [0.15, 0.2) is 0 Å². The van der Waals surface area contributed by atoms with E-state index in [1.54, 1.807) is 18.2 Å². The zero-order chi connectivity index (χ0) is 29.2. The Hall–Kier alpha value is -3.88. The molecule has 40 heavy (non-hydrogen) atoms. The van der Waals surface area contributed by atoms with Gasteiger partial charge < -0.3 is 10.1 Å². The number of benzene rings is 3. The van der Waals surface area contributed by atoms with Crippen LogP contribution < -0.4 is 10.1 Å². The van der Waals surface area contributed by atoms with E-state index in [4.69, 9.17) is 16.3 Å². The molecule has 4 rings (SSSR count). The Kier molecular flexibility index (Phi) is 8.51. The van der Waals surface area contributed by atoms with Crippen LogP contribution in [0.2, 0.25) is 5.02 Å². The van der Waals surface area contributed by atoms with Gasteiger partial charge in [-0.3, -0.25) is 29.4 Å². The van der Waals surface area contributed by atoms with Gasteiger partial charge >= 0.3 is 11.9 Å². The molecule has 1 aliphatic heterocycles. The summed E-state index contributed by atoms with van der Waals surface area (Å²) < 4.78 is 45.3. The third-order valence-corrected chi connectivity index (χ3v) is 6.88. The molecule has 1 N–H and O–H groups in total. The molecular formula is C25H14BrClF3N3O6S. The highest BCUT2D eigenvalue weighted by atomic mass is 79.9. The lowest BCUT2D eigenvalue weighted by molar-refractivity contribution is -0.385. The van der Waals surface area contributed by atoms with Gasteiger partial charge in [-0.25, -0.2) is 0 Å². The summed E-state index contributed by atoms with van der Waals surface area (Å²) in [7, 11) is 0. The molecule has 0 atom stereocenters. The van der Waals surface area contributed by atoms with Crippen LogP contribution in [0.3, 0.4) is 0 Å². The molecular weight excluding hydrogens is 643 g/mol. The molecule has 0 aliphatic carbocycles. The van der Waals surface area contributed by atoms with Crippen molar-refractivity contribution in [3.8, 4) is 11.5 Å². The highest BCUT2D eigenvalue weighted by molar-refractivity contribution is 9.10. The van der Waals surface area contributed by atoms with E-state index >= 15 is 0 Å². The number of halogens is 5. The molecule has 3 amide bonds. The minimum atomic E-state index is -4.81. The summed E-state index contributed by atoms with van der Waals surface area (Å²) in [4.78, 5) is 49.0. The Morgan fingerprint density at radius 1 is 1.12 bits per heavy atom. The van der Waals surface area contributed by atoms with Gasteiger partial charge in [0.1, 0.15) is 12.3 Å². The minimum absolute atomic E-state index is 0.0449. The zero-order valence-corrected chi connectivity index (χ0v) is 22.9. The average Bonchev–Trinajstić information content (AvgIpc) is 3.12. The number of anilines is 1. The number of nitrogens with zero attached hydrogens (tertiary/aromatic N) is 2. The lowest BCUT2D eigenvalue weighted by Crippen LogP contribution is -2.36. The first-order chi connectivity index (χ1) is 18.8. The number of nitro benzene ring substituents is 1. The fraction of sp³-hybridized carbons (Fsp3) is 0.0800. The standard InChI is InChI=1S/C25H14BrClF3N3O6S/c26-15-5-7-19(39-20-6-4-14(25(28,29)30)10-18(20)33(37)38)13(8-15)9-21-23(35)32(24(36)40-21)12-22(34)31-17-3-1-2-16(27)11-17/h1-11H,12H2,(H,31,34)/b21-9+. The van der Waals surface area contributed by atoms with Crippen LogP contribution in [0.4, 0.5) is 29.3 Å². The van der Waals surface area contributed by atoms with Crippen molar-refractivity contribution in [2.75, 3.05) is 11.9 Å². The van der Waals surface area contributed by atoms with Crippen LogP contribution in [-0.4, -0.2) is 33.4 Å². The van der Waals surface area contributed by atoms with E-state index in [9.17, 15) is 37.7 Å². The van der Waals surface area contributed by atoms with Gasteiger partial charge in [0.05, 0.1) is 15.4 Å².